The van der Waals surface area contributed by atoms with Crippen LogP contribution in [0.15, 0.2) is 9.90 Å². The Morgan fingerprint density at radius 3 is 2.75 bits per heavy atom. The first-order valence-corrected chi connectivity index (χ1v) is 6.44. The topological polar surface area (TPSA) is 38.9 Å². The zero-order chi connectivity index (χ0) is 11.3. The van der Waals surface area contributed by atoms with Gasteiger partial charge in [-0.2, -0.15) is 0 Å². The van der Waals surface area contributed by atoms with Gasteiger partial charge in [0.15, 0.2) is 0 Å². The number of hydrogen-bond acceptors (Lipinski definition) is 4. The van der Waals surface area contributed by atoms with E-state index < -0.39 is 0 Å². The van der Waals surface area contributed by atoms with Gasteiger partial charge < -0.3 is 4.52 Å². The normalized spacial score (nSPS) is 17.7. The summed E-state index contributed by atoms with van der Waals surface area (Å²) >= 11 is 7.94. The summed E-state index contributed by atoms with van der Waals surface area (Å²) in [5.41, 5.74) is 2.89. The van der Waals surface area contributed by atoms with Gasteiger partial charge in [-0.05, 0) is 26.7 Å². The van der Waals surface area contributed by atoms with E-state index in [4.69, 9.17) is 16.1 Å². The molecule has 1 aliphatic carbocycles. The van der Waals surface area contributed by atoms with E-state index >= 15 is 0 Å². The third-order valence-electron chi connectivity index (χ3n) is 2.90. The van der Waals surface area contributed by atoms with Crippen molar-refractivity contribution in [1.82, 2.24) is 10.1 Å². The Morgan fingerprint density at radius 1 is 1.44 bits per heavy atom. The molecule has 0 aliphatic heterocycles. The lowest BCUT2D eigenvalue weighted by Crippen LogP contribution is -1.95. The van der Waals surface area contributed by atoms with E-state index in [0.717, 1.165) is 40.6 Å². The van der Waals surface area contributed by atoms with Crippen LogP contribution in [0.25, 0.3) is 10.6 Å². The molecule has 3 rings (SSSR count). The molecule has 0 aromatic carbocycles. The first-order valence-electron chi connectivity index (χ1n) is 5.18. The van der Waals surface area contributed by atoms with Gasteiger partial charge >= 0.3 is 0 Å². The number of alkyl halides is 1. The number of aromatic nitrogens is 2. The Morgan fingerprint density at radius 2 is 2.19 bits per heavy atom. The molecule has 0 spiro atoms. The molecule has 1 saturated carbocycles. The third kappa shape index (κ3) is 1.48. The number of nitrogens with zero attached hydrogens (tertiary/aromatic N) is 2. The largest absolute Gasteiger partial charge is 0.361 e. The highest BCUT2D eigenvalue weighted by Gasteiger charge is 2.44. The summed E-state index contributed by atoms with van der Waals surface area (Å²) in [6, 6.07) is 0. The first kappa shape index (κ1) is 10.3. The Balaban J connectivity index is 2.04. The lowest BCUT2D eigenvalue weighted by Gasteiger charge is -1.99. The van der Waals surface area contributed by atoms with Gasteiger partial charge in [-0.1, -0.05) is 5.16 Å². The van der Waals surface area contributed by atoms with E-state index in [1.165, 1.54) is 0 Å². The average molecular weight is 255 g/mol. The van der Waals surface area contributed by atoms with Gasteiger partial charge in [0.2, 0.25) is 0 Å². The van der Waals surface area contributed by atoms with Gasteiger partial charge in [-0.15, -0.1) is 22.9 Å². The maximum atomic E-state index is 6.33. The number of aryl methyl sites for hydroxylation is 2. The van der Waals surface area contributed by atoms with Crippen LogP contribution >= 0.6 is 22.9 Å². The molecule has 2 aromatic heterocycles. The van der Waals surface area contributed by atoms with Crippen LogP contribution < -0.4 is 0 Å². The minimum absolute atomic E-state index is 0.187. The van der Waals surface area contributed by atoms with Crippen LogP contribution in [-0.4, -0.2) is 10.1 Å². The highest BCUT2D eigenvalue weighted by Crippen LogP contribution is 2.52. The molecule has 0 unspecified atom stereocenters. The van der Waals surface area contributed by atoms with Crippen molar-refractivity contribution in [2.75, 3.05) is 0 Å². The smallest absolute Gasteiger partial charge is 0.144 e. The fourth-order valence-electron chi connectivity index (χ4n) is 1.75. The van der Waals surface area contributed by atoms with Crippen molar-refractivity contribution >= 4 is 22.9 Å². The second-order valence-electron chi connectivity index (χ2n) is 4.20. The molecule has 0 atom stereocenters. The van der Waals surface area contributed by atoms with Gasteiger partial charge in [0.25, 0.3) is 0 Å². The summed E-state index contributed by atoms with van der Waals surface area (Å²) in [4.78, 5) is 4.41. The lowest BCUT2D eigenvalue weighted by molar-refractivity contribution is 0.393. The molecule has 0 saturated heterocycles. The Kier molecular flexibility index (Phi) is 2.13. The van der Waals surface area contributed by atoms with Crippen molar-refractivity contribution < 1.29 is 4.52 Å². The summed E-state index contributed by atoms with van der Waals surface area (Å²) in [6.07, 6.45) is 2.05. The van der Waals surface area contributed by atoms with Crippen molar-refractivity contribution in [3.8, 4) is 10.6 Å². The SMILES string of the molecule is Cc1noc(C)c1-c1nc(C2(Cl)CC2)cs1. The molecule has 2 heterocycles. The van der Waals surface area contributed by atoms with Gasteiger partial charge in [-0.3, -0.25) is 0 Å². The number of hydrogen-bond donors (Lipinski definition) is 0. The molecule has 0 radical (unpaired) electrons. The molecule has 5 heteroatoms. The molecule has 16 heavy (non-hydrogen) atoms. The fraction of sp³-hybridized carbons (Fsp3) is 0.455. The van der Waals surface area contributed by atoms with Crippen molar-refractivity contribution in [2.24, 2.45) is 0 Å². The summed E-state index contributed by atoms with van der Waals surface area (Å²) in [5.74, 6) is 0.817. The maximum Gasteiger partial charge on any atom is 0.144 e. The minimum atomic E-state index is -0.187. The fourth-order valence-corrected chi connectivity index (χ4v) is 3.07. The van der Waals surface area contributed by atoms with Crippen LogP contribution in [0.3, 0.4) is 0 Å². The van der Waals surface area contributed by atoms with E-state index in [1.807, 2.05) is 19.2 Å². The maximum absolute atomic E-state index is 6.33. The van der Waals surface area contributed by atoms with Gasteiger partial charge in [-0.25, -0.2) is 4.98 Å². The molecule has 0 N–H and O–H groups in total. The van der Waals surface area contributed by atoms with Crippen LogP contribution in [0.1, 0.15) is 30.0 Å². The second kappa shape index (κ2) is 3.31. The van der Waals surface area contributed by atoms with Gasteiger partial charge in [0.05, 0.1) is 21.8 Å². The molecule has 1 fully saturated rings. The standard InChI is InChI=1S/C11H11ClN2OS/c1-6-9(7(2)15-14-6)10-13-8(5-16-10)11(12)3-4-11/h5H,3-4H2,1-2H3. The minimum Gasteiger partial charge on any atom is -0.361 e. The van der Waals surface area contributed by atoms with Crippen LogP contribution in [-0.2, 0) is 4.87 Å². The molecular weight excluding hydrogens is 244 g/mol. The number of halogens is 1. The van der Waals surface area contributed by atoms with Crippen molar-refractivity contribution in [3.05, 3.63) is 22.5 Å². The van der Waals surface area contributed by atoms with Crippen molar-refractivity contribution in [1.29, 1.82) is 0 Å². The van der Waals surface area contributed by atoms with E-state index in [0.29, 0.717) is 0 Å². The van der Waals surface area contributed by atoms with Crippen LogP contribution in [0, 0.1) is 13.8 Å². The van der Waals surface area contributed by atoms with E-state index in [2.05, 4.69) is 10.1 Å². The molecule has 2 aromatic rings. The van der Waals surface area contributed by atoms with Crippen LogP contribution in [0.5, 0.6) is 0 Å². The highest BCUT2D eigenvalue weighted by molar-refractivity contribution is 7.13. The van der Waals surface area contributed by atoms with Crippen molar-refractivity contribution in [2.45, 2.75) is 31.6 Å². The third-order valence-corrected chi connectivity index (χ3v) is 4.33. The summed E-state index contributed by atoms with van der Waals surface area (Å²) in [6.45, 7) is 3.84. The van der Waals surface area contributed by atoms with Gasteiger partial charge in [0, 0.05) is 5.38 Å². The number of thiazole rings is 1. The Bertz CT molecular complexity index is 522. The molecule has 0 amide bonds. The molecule has 84 valence electrons. The predicted molar refractivity (Wildman–Crippen MR) is 63.9 cm³/mol. The quantitative estimate of drug-likeness (QED) is 0.768. The van der Waals surface area contributed by atoms with E-state index in [1.54, 1.807) is 11.3 Å². The highest BCUT2D eigenvalue weighted by atomic mass is 35.5. The summed E-state index contributed by atoms with van der Waals surface area (Å²) < 4.78 is 5.14. The van der Waals surface area contributed by atoms with Gasteiger partial charge in [0.1, 0.15) is 10.8 Å². The zero-order valence-electron chi connectivity index (χ0n) is 9.08. The average Bonchev–Trinajstić information content (AvgIpc) is 2.71. The number of rotatable bonds is 2. The molecule has 1 aliphatic rings. The Labute approximate surface area is 102 Å². The van der Waals surface area contributed by atoms with Crippen LogP contribution in [0.4, 0.5) is 0 Å². The molecule has 0 bridgehead atoms. The van der Waals surface area contributed by atoms with Crippen LogP contribution in [0.2, 0.25) is 0 Å². The zero-order valence-corrected chi connectivity index (χ0v) is 10.7. The van der Waals surface area contributed by atoms with Crippen molar-refractivity contribution in [3.63, 3.8) is 0 Å². The Hall–Kier alpha value is -0.870. The monoisotopic (exact) mass is 254 g/mol. The lowest BCUT2D eigenvalue weighted by atomic mass is 10.2. The second-order valence-corrected chi connectivity index (χ2v) is 5.78. The predicted octanol–water partition coefficient (Wildman–Crippen LogP) is 3.64. The van der Waals surface area contributed by atoms with E-state index in [9.17, 15) is 0 Å². The molecule has 3 nitrogen and oxygen atoms in total. The molecular formula is C11H11ClN2OS. The summed E-state index contributed by atoms with van der Waals surface area (Å²) in [5, 5.41) is 6.94. The summed E-state index contributed by atoms with van der Waals surface area (Å²) in [7, 11) is 0. The first-order chi connectivity index (χ1) is 7.60. The van der Waals surface area contributed by atoms with E-state index in [-0.39, 0.29) is 4.87 Å².